The van der Waals surface area contributed by atoms with E-state index >= 15 is 0 Å². The van der Waals surface area contributed by atoms with Gasteiger partial charge in [0.05, 0.1) is 0 Å². The lowest BCUT2D eigenvalue weighted by Crippen LogP contribution is -2.20. The monoisotopic (exact) mass is 436 g/mol. The van der Waals surface area contributed by atoms with Crippen molar-refractivity contribution in [1.29, 1.82) is 5.26 Å². The van der Waals surface area contributed by atoms with Crippen molar-refractivity contribution in [1.82, 2.24) is 9.38 Å². The number of rotatable bonds is 5. The normalized spacial score (nSPS) is 11.1. The van der Waals surface area contributed by atoms with Gasteiger partial charge in [0.15, 0.2) is 0 Å². The molecular formula is C26H20N4O3. The second-order valence-electron chi connectivity index (χ2n) is 7.47. The fourth-order valence-electron chi connectivity index (χ4n) is 3.20. The van der Waals surface area contributed by atoms with E-state index in [1.54, 1.807) is 48.7 Å². The van der Waals surface area contributed by atoms with Crippen molar-refractivity contribution in [3.05, 3.63) is 106 Å². The lowest BCUT2D eigenvalue weighted by atomic mass is 10.1. The molecule has 2 aromatic heterocycles. The first-order valence-electron chi connectivity index (χ1n) is 10.2. The summed E-state index contributed by atoms with van der Waals surface area (Å²) < 4.78 is 7.26. The summed E-state index contributed by atoms with van der Waals surface area (Å²) in [5.74, 6) is -0.146. The Balaban J connectivity index is 1.79. The number of pyridine rings is 1. The van der Waals surface area contributed by atoms with Gasteiger partial charge in [-0.1, -0.05) is 35.9 Å². The molecule has 0 aliphatic heterocycles. The number of hydrogen-bond acceptors (Lipinski definition) is 5. The molecule has 162 valence electrons. The van der Waals surface area contributed by atoms with Gasteiger partial charge >= 0.3 is 0 Å². The van der Waals surface area contributed by atoms with E-state index in [4.69, 9.17) is 4.74 Å². The summed E-state index contributed by atoms with van der Waals surface area (Å²) in [6.45, 7) is 3.85. The van der Waals surface area contributed by atoms with Crippen molar-refractivity contribution < 1.29 is 9.53 Å². The molecule has 0 fully saturated rings. The van der Waals surface area contributed by atoms with Crippen LogP contribution < -0.4 is 15.6 Å². The predicted molar refractivity (Wildman–Crippen MR) is 126 cm³/mol. The second-order valence-corrected chi connectivity index (χ2v) is 7.47. The van der Waals surface area contributed by atoms with Gasteiger partial charge < -0.3 is 10.1 Å². The van der Waals surface area contributed by atoms with Gasteiger partial charge in [0.25, 0.3) is 11.5 Å². The molecule has 0 aliphatic carbocycles. The Morgan fingerprint density at radius 3 is 2.58 bits per heavy atom. The number of ether oxygens (including phenoxy) is 1. The summed E-state index contributed by atoms with van der Waals surface area (Å²) in [7, 11) is 0. The molecule has 7 nitrogen and oxygen atoms in total. The maximum atomic E-state index is 13.2. The molecule has 0 aliphatic rings. The molecular weight excluding hydrogens is 416 g/mol. The fourth-order valence-corrected chi connectivity index (χ4v) is 3.20. The largest absolute Gasteiger partial charge is 0.438 e. The van der Waals surface area contributed by atoms with Crippen LogP contribution in [-0.2, 0) is 4.79 Å². The quantitative estimate of drug-likeness (QED) is 0.363. The van der Waals surface area contributed by atoms with Crippen LogP contribution in [0.3, 0.4) is 0 Å². The number of amides is 1. The zero-order valence-electron chi connectivity index (χ0n) is 18.1. The zero-order chi connectivity index (χ0) is 23.4. The Bertz CT molecular complexity index is 1480. The topological polar surface area (TPSA) is 96.5 Å². The van der Waals surface area contributed by atoms with Crippen LogP contribution in [0.2, 0.25) is 0 Å². The predicted octanol–water partition coefficient (Wildman–Crippen LogP) is 4.65. The van der Waals surface area contributed by atoms with Crippen LogP contribution in [0.5, 0.6) is 11.6 Å². The number of aryl methyl sites for hydroxylation is 2. The number of anilines is 1. The van der Waals surface area contributed by atoms with Gasteiger partial charge in [0.2, 0.25) is 5.88 Å². The lowest BCUT2D eigenvalue weighted by molar-refractivity contribution is -0.112. The van der Waals surface area contributed by atoms with Crippen molar-refractivity contribution >= 4 is 23.3 Å². The van der Waals surface area contributed by atoms with Crippen LogP contribution >= 0.6 is 0 Å². The molecule has 4 rings (SSSR count). The average molecular weight is 436 g/mol. The highest BCUT2D eigenvalue weighted by Gasteiger charge is 2.17. The Labute approximate surface area is 190 Å². The van der Waals surface area contributed by atoms with Gasteiger partial charge in [-0.2, -0.15) is 10.2 Å². The first-order chi connectivity index (χ1) is 15.9. The highest BCUT2D eigenvalue weighted by atomic mass is 16.5. The van der Waals surface area contributed by atoms with Crippen molar-refractivity contribution in [2.24, 2.45) is 0 Å². The number of aromatic nitrogens is 2. The molecule has 0 radical (unpaired) electrons. The van der Waals surface area contributed by atoms with Gasteiger partial charge in [-0.3, -0.25) is 14.0 Å². The Hall–Kier alpha value is -4.70. The van der Waals surface area contributed by atoms with Crippen LogP contribution in [0.15, 0.2) is 83.3 Å². The van der Waals surface area contributed by atoms with E-state index in [0.717, 1.165) is 11.1 Å². The molecule has 0 saturated carbocycles. The Kier molecular flexibility index (Phi) is 6.00. The minimum absolute atomic E-state index is 0.00388. The molecule has 33 heavy (non-hydrogen) atoms. The molecule has 0 spiro atoms. The number of benzene rings is 2. The zero-order valence-corrected chi connectivity index (χ0v) is 18.1. The minimum atomic E-state index is -0.639. The molecule has 0 saturated heterocycles. The molecule has 7 heteroatoms. The van der Waals surface area contributed by atoms with E-state index in [0.29, 0.717) is 17.1 Å². The van der Waals surface area contributed by atoms with Crippen LogP contribution in [0.1, 0.15) is 16.7 Å². The number of hydrogen-bond donors (Lipinski definition) is 1. The summed E-state index contributed by atoms with van der Waals surface area (Å²) in [6, 6.07) is 21.4. The molecule has 1 amide bonds. The summed E-state index contributed by atoms with van der Waals surface area (Å²) >= 11 is 0. The van der Waals surface area contributed by atoms with E-state index in [1.807, 2.05) is 44.2 Å². The summed E-state index contributed by atoms with van der Waals surface area (Å²) in [6.07, 6.45) is 2.78. The summed E-state index contributed by atoms with van der Waals surface area (Å²) in [5, 5.41) is 12.3. The van der Waals surface area contributed by atoms with Gasteiger partial charge in [-0.15, -0.1) is 0 Å². The Morgan fingerprint density at radius 1 is 1.06 bits per heavy atom. The van der Waals surface area contributed by atoms with E-state index in [2.05, 4.69) is 10.3 Å². The maximum absolute atomic E-state index is 13.2. The number of carbonyl (C=O) groups is 1. The number of nitriles is 1. The maximum Gasteiger partial charge on any atom is 0.269 e. The minimum Gasteiger partial charge on any atom is -0.438 e. The smallest absolute Gasteiger partial charge is 0.269 e. The van der Waals surface area contributed by atoms with Gasteiger partial charge in [-0.25, -0.2) is 0 Å². The highest BCUT2D eigenvalue weighted by molar-refractivity contribution is 6.09. The van der Waals surface area contributed by atoms with E-state index in [-0.39, 0.29) is 17.0 Å². The summed E-state index contributed by atoms with van der Waals surface area (Å²) in [4.78, 5) is 30.4. The van der Waals surface area contributed by atoms with Gasteiger partial charge in [-0.05, 0) is 61.9 Å². The Morgan fingerprint density at radius 2 is 1.85 bits per heavy atom. The van der Waals surface area contributed by atoms with Crippen molar-refractivity contribution in [2.75, 3.05) is 5.32 Å². The average Bonchev–Trinajstić information content (AvgIpc) is 2.80. The third kappa shape index (κ3) is 4.81. The molecule has 4 aromatic rings. The first kappa shape index (κ1) is 21.5. The van der Waals surface area contributed by atoms with Crippen LogP contribution in [0.4, 0.5) is 5.69 Å². The molecule has 2 aromatic carbocycles. The molecule has 0 atom stereocenters. The van der Waals surface area contributed by atoms with Crippen molar-refractivity contribution in [3.63, 3.8) is 0 Å². The first-order valence-corrected chi connectivity index (χ1v) is 10.2. The van der Waals surface area contributed by atoms with Gasteiger partial charge in [0.1, 0.15) is 28.6 Å². The van der Waals surface area contributed by atoms with Crippen LogP contribution in [0, 0.1) is 25.2 Å². The standard InChI is InChI=1S/C26H20N4O3/c1-17-9-11-20(12-10-17)28-24(31)19(16-27)15-22-25(33-21-7-5-6-18(2)14-21)29-23-8-3-4-13-30(23)26(22)32/h3-15H,1-2H3,(H,28,31). The van der Waals surface area contributed by atoms with E-state index in [1.165, 1.54) is 10.5 Å². The highest BCUT2D eigenvalue weighted by Crippen LogP contribution is 2.25. The fraction of sp³-hybridized carbons (Fsp3) is 0.0769. The number of carbonyl (C=O) groups excluding carboxylic acids is 1. The van der Waals surface area contributed by atoms with Crippen LogP contribution in [0.25, 0.3) is 11.7 Å². The van der Waals surface area contributed by atoms with Gasteiger partial charge in [0, 0.05) is 11.9 Å². The molecule has 1 N–H and O–H groups in total. The number of fused-ring (bicyclic) bond motifs is 1. The van der Waals surface area contributed by atoms with E-state index in [9.17, 15) is 14.9 Å². The number of nitrogens with zero attached hydrogens (tertiary/aromatic N) is 3. The van der Waals surface area contributed by atoms with Crippen molar-refractivity contribution in [3.8, 4) is 17.7 Å². The molecule has 0 unspecified atom stereocenters. The molecule has 0 bridgehead atoms. The summed E-state index contributed by atoms with van der Waals surface area (Å²) in [5.41, 5.74) is 2.21. The SMILES string of the molecule is Cc1ccc(NC(=O)C(C#N)=Cc2c(Oc3cccc(C)c3)nc3ccccn3c2=O)cc1. The number of nitrogens with one attached hydrogen (secondary N) is 1. The second kappa shape index (κ2) is 9.20. The third-order valence-corrected chi connectivity index (χ3v) is 4.90. The van der Waals surface area contributed by atoms with Crippen molar-refractivity contribution in [2.45, 2.75) is 13.8 Å². The van der Waals surface area contributed by atoms with Crippen LogP contribution in [-0.4, -0.2) is 15.3 Å². The lowest BCUT2D eigenvalue weighted by Gasteiger charge is -2.11. The molecule has 2 heterocycles. The third-order valence-electron chi connectivity index (χ3n) is 4.90. The van der Waals surface area contributed by atoms with E-state index < -0.39 is 11.5 Å².